The molecule has 0 amide bonds. The molecule has 0 spiro atoms. The van der Waals surface area contributed by atoms with E-state index in [-0.39, 0.29) is 33.4 Å². The Hall–Kier alpha value is -8.17. The molecule has 5 nitrogen and oxygen atoms in total. The van der Waals surface area contributed by atoms with Crippen molar-refractivity contribution in [1.29, 1.82) is 0 Å². The molecular formula is C64H54F4N2O3. The first-order valence-electron chi connectivity index (χ1n) is 24.8. The highest BCUT2D eigenvalue weighted by Crippen LogP contribution is 2.39. The summed E-state index contributed by atoms with van der Waals surface area (Å²) in [6, 6.07) is 47.4. The van der Waals surface area contributed by atoms with E-state index in [1.807, 2.05) is 103 Å². The first kappa shape index (κ1) is 49.8. The minimum Gasteiger partial charge on any atom is -0.494 e. The lowest BCUT2D eigenvalue weighted by Crippen LogP contribution is -2.02. The summed E-state index contributed by atoms with van der Waals surface area (Å²) in [7, 11) is 0. The molecule has 0 heterocycles. The summed E-state index contributed by atoms with van der Waals surface area (Å²) in [5.41, 5.74) is 3.54. The summed E-state index contributed by atoms with van der Waals surface area (Å²) in [6.45, 7) is 6.45. The number of hydrogen-bond acceptors (Lipinski definition) is 5. The second kappa shape index (κ2) is 23.4. The molecule has 0 aliphatic heterocycles. The van der Waals surface area contributed by atoms with Gasteiger partial charge in [-0.2, -0.15) is 10.2 Å². The highest BCUT2D eigenvalue weighted by molar-refractivity contribution is 6.13. The van der Waals surface area contributed by atoms with E-state index in [0.29, 0.717) is 30.1 Å². The van der Waals surface area contributed by atoms with Crippen molar-refractivity contribution in [3.8, 4) is 50.3 Å². The van der Waals surface area contributed by atoms with Crippen molar-refractivity contribution in [2.24, 2.45) is 10.2 Å². The topological polar surface area (TPSA) is 60.2 Å². The lowest BCUT2D eigenvalue weighted by atomic mass is 9.91. The van der Waals surface area contributed by atoms with Crippen LogP contribution in [0.25, 0.3) is 76.8 Å². The lowest BCUT2D eigenvalue weighted by Gasteiger charge is -2.15. The fourth-order valence-corrected chi connectivity index (χ4v) is 9.33. The van der Waals surface area contributed by atoms with Crippen molar-refractivity contribution >= 4 is 50.7 Å². The molecule has 0 saturated heterocycles. The van der Waals surface area contributed by atoms with E-state index >= 15 is 17.6 Å². The van der Waals surface area contributed by atoms with E-state index in [9.17, 15) is 4.79 Å². The maximum Gasteiger partial charge on any atom is 0.330 e. The van der Waals surface area contributed by atoms with Gasteiger partial charge in [-0.15, -0.1) is 0 Å². The Bertz CT molecular complexity index is 3480. The van der Waals surface area contributed by atoms with Crippen LogP contribution in [0.2, 0.25) is 0 Å². The first-order valence-corrected chi connectivity index (χ1v) is 24.8. The summed E-state index contributed by atoms with van der Waals surface area (Å²) >= 11 is 0. The number of rotatable bonds is 20. The van der Waals surface area contributed by atoms with Gasteiger partial charge in [-0.05, 0) is 129 Å². The average Bonchev–Trinajstić information content (AvgIpc) is 3.41. The highest BCUT2D eigenvalue weighted by atomic mass is 19.2. The average molecular weight is 975 g/mol. The normalized spacial score (nSPS) is 11.6. The van der Waals surface area contributed by atoms with Crippen LogP contribution in [0, 0.1) is 23.3 Å². The zero-order valence-electron chi connectivity index (χ0n) is 40.7. The Balaban J connectivity index is 1.01. The molecule has 0 aromatic heterocycles. The molecule has 0 fully saturated rings. The molecule has 0 aliphatic rings. The predicted molar refractivity (Wildman–Crippen MR) is 291 cm³/mol. The van der Waals surface area contributed by atoms with Gasteiger partial charge in [0, 0.05) is 39.5 Å². The van der Waals surface area contributed by atoms with Crippen molar-refractivity contribution in [2.75, 3.05) is 13.2 Å². The number of esters is 1. The number of benzene rings is 9. The van der Waals surface area contributed by atoms with Crippen LogP contribution >= 0.6 is 0 Å². The molecule has 73 heavy (non-hydrogen) atoms. The van der Waals surface area contributed by atoms with Gasteiger partial charge in [0.2, 0.25) is 0 Å². The third-order valence-corrected chi connectivity index (χ3v) is 13.3. The highest BCUT2D eigenvalue weighted by Gasteiger charge is 2.23. The van der Waals surface area contributed by atoms with Crippen LogP contribution in [0.1, 0.15) is 68.6 Å². The molecular weight excluding hydrogens is 921 g/mol. The summed E-state index contributed by atoms with van der Waals surface area (Å²) in [5.74, 6) is -3.67. The predicted octanol–water partition coefficient (Wildman–Crippen LogP) is 17.2. The van der Waals surface area contributed by atoms with Gasteiger partial charge in [-0.3, -0.25) is 0 Å². The molecule has 0 atom stereocenters. The number of carbonyl (C=O) groups excluding carboxylic acids is 1. The Morgan fingerprint density at radius 2 is 1.10 bits per heavy atom. The smallest absolute Gasteiger partial charge is 0.330 e. The van der Waals surface area contributed by atoms with E-state index in [2.05, 4.69) is 29.8 Å². The number of aryl methyl sites for hydroxylation is 1. The Kier molecular flexibility index (Phi) is 15.9. The standard InChI is InChI=1S/C64H54F4N2O3/c1-3-5-8-15-42-20-22-43(23-21-42)46-27-29-55(60(65)39-46)57-33-32-56(63(67)64(57)68)54-31-30-53(49-25-24-45-38-50(28-26-44(45)36-49)72-34-13-6-7-14-35-73-61(71)4-2)62(66)59(54)41-70-69-40-58-51-18-11-9-16-47(51)37-48-17-10-12-19-52(48)58/h4,9-12,16-33,36-41H,2-3,5-8,13-15,34-35H2,1H3/b69-40+,70-41+. The van der Waals surface area contributed by atoms with Gasteiger partial charge >= 0.3 is 5.97 Å². The van der Waals surface area contributed by atoms with Crippen LogP contribution in [-0.4, -0.2) is 31.6 Å². The van der Waals surface area contributed by atoms with Crippen molar-refractivity contribution < 1.29 is 31.8 Å². The Morgan fingerprint density at radius 3 is 1.79 bits per heavy atom. The van der Waals surface area contributed by atoms with Gasteiger partial charge in [-0.1, -0.05) is 154 Å². The van der Waals surface area contributed by atoms with E-state index in [4.69, 9.17) is 9.47 Å². The fourth-order valence-electron chi connectivity index (χ4n) is 9.33. The second-order valence-corrected chi connectivity index (χ2v) is 18.1. The van der Waals surface area contributed by atoms with Gasteiger partial charge in [0.05, 0.1) is 25.6 Å². The molecule has 366 valence electrons. The number of ether oxygens (including phenoxy) is 2. The third-order valence-electron chi connectivity index (χ3n) is 13.3. The molecule has 0 bridgehead atoms. The van der Waals surface area contributed by atoms with Gasteiger partial charge in [0.25, 0.3) is 0 Å². The number of fused-ring (bicyclic) bond motifs is 3. The Morgan fingerprint density at radius 1 is 0.507 bits per heavy atom. The summed E-state index contributed by atoms with van der Waals surface area (Å²) in [5, 5.41) is 14.4. The number of nitrogens with zero attached hydrogens (tertiary/aromatic N) is 2. The molecule has 0 aliphatic carbocycles. The van der Waals surface area contributed by atoms with E-state index in [0.717, 1.165) is 101 Å². The number of unbranched alkanes of at least 4 members (excludes halogenated alkanes) is 5. The third kappa shape index (κ3) is 11.5. The second-order valence-electron chi connectivity index (χ2n) is 18.1. The van der Waals surface area contributed by atoms with Crippen LogP contribution < -0.4 is 4.74 Å². The minimum atomic E-state index is -1.27. The molecule has 0 saturated carbocycles. The van der Waals surface area contributed by atoms with Crippen LogP contribution in [-0.2, 0) is 16.0 Å². The van der Waals surface area contributed by atoms with Gasteiger partial charge in [-0.25, -0.2) is 22.4 Å². The van der Waals surface area contributed by atoms with Crippen molar-refractivity contribution in [3.05, 3.63) is 210 Å². The van der Waals surface area contributed by atoms with Gasteiger partial charge < -0.3 is 9.47 Å². The van der Waals surface area contributed by atoms with Crippen molar-refractivity contribution in [3.63, 3.8) is 0 Å². The van der Waals surface area contributed by atoms with Crippen LogP contribution in [0.15, 0.2) is 181 Å². The maximum absolute atomic E-state index is 17.3. The van der Waals surface area contributed by atoms with E-state index in [1.54, 1.807) is 24.4 Å². The largest absolute Gasteiger partial charge is 0.494 e. The summed E-state index contributed by atoms with van der Waals surface area (Å²) < 4.78 is 77.2. The fraction of sp³-hybridized carbons (Fsp3) is 0.172. The summed E-state index contributed by atoms with van der Waals surface area (Å²) in [6.07, 6.45) is 11.8. The molecule has 9 aromatic carbocycles. The molecule has 0 N–H and O–H groups in total. The van der Waals surface area contributed by atoms with Crippen molar-refractivity contribution in [2.45, 2.75) is 58.3 Å². The molecule has 9 rings (SSSR count). The summed E-state index contributed by atoms with van der Waals surface area (Å²) in [4.78, 5) is 11.2. The lowest BCUT2D eigenvalue weighted by molar-refractivity contribution is -0.137. The Labute approximate surface area is 423 Å². The quantitative estimate of drug-likeness (QED) is 0.0145. The van der Waals surface area contributed by atoms with Gasteiger partial charge in [0.1, 0.15) is 17.4 Å². The SMILES string of the molecule is C=CC(=O)OCCCCCCOc1ccc2cc(-c3ccc(-c4ccc(-c5ccc(-c6ccc(CCCCC)cc6)cc5F)c(F)c4F)c(/C=N/N=C/c4c5ccccc5cc5ccccc45)c3F)ccc2c1. The van der Waals surface area contributed by atoms with E-state index in [1.165, 1.54) is 42.1 Å². The molecule has 0 radical (unpaired) electrons. The molecule has 9 heteroatoms. The molecule has 0 unspecified atom stereocenters. The molecule has 9 aromatic rings. The van der Waals surface area contributed by atoms with Crippen LogP contribution in [0.5, 0.6) is 5.75 Å². The minimum absolute atomic E-state index is 0.0337. The first-order chi connectivity index (χ1) is 35.7. The number of halogens is 4. The van der Waals surface area contributed by atoms with Crippen molar-refractivity contribution in [1.82, 2.24) is 0 Å². The zero-order valence-corrected chi connectivity index (χ0v) is 40.7. The maximum atomic E-state index is 17.3. The van der Waals surface area contributed by atoms with E-state index < -0.39 is 29.2 Å². The number of hydrogen-bond donors (Lipinski definition) is 0. The van der Waals surface area contributed by atoms with Gasteiger partial charge in [0.15, 0.2) is 11.6 Å². The monoisotopic (exact) mass is 974 g/mol. The number of carbonyl (C=O) groups is 1. The van der Waals surface area contributed by atoms with Crippen LogP contribution in [0.3, 0.4) is 0 Å². The van der Waals surface area contributed by atoms with Crippen LogP contribution in [0.4, 0.5) is 17.6 Å². The zero-order chi connectivity index (χ0) is 50.7.